The van der Waals surface area contributed by atoms with Crippen LogP contribution in [0.15, 0.2) is 42.5 Å². The number of fused-ring (bicyclic) bond motifs is 1. The zero-order chi connectivity index (χ0) is 14.7. The van der Waals surface area contributed by atoms with Gasteiger partial charge in [-0.1, -0.05) is 6.07 Å². The van der Waals surface area contributed by atoms with Crippen molar-refractivity contribution in [2.75, 3.05) is 12.2 Å². The first-order valence-corrected chi connectivity index (χ1v) is 6.49. The minimum absolute atomic E-state index is 0.142. The highest BCUT2D eigenvalue weighted by Gasteiger charge is 2.13. The number of hydrazine groups is 1. The highest BCUT2D eigenvalue weighted by Crippen LogP contribution is 2.32. The molecule has 6 heteroatoms. The van der Waals surface area contributed by atoms with E-state index in [1.54, 1.807) is 24.3 Å². The topological polar surface area (TPSA) is 85.6 Å². The molecule has 6 nitrogen and oxygen atoms in total. The fourth-order valence-corrected chi connectivity index (χ4v) is 2.05. The number of nitrogens with two attached hydrogens (primary N) is 1. The van der Waals surface area contributed by atoms with E-state index in [-0.39, 0.29) is 12.7 Å². The molecule has 0 aliphatic carbocycles. The smallest absolute Gasteiger partial charge is 0.251 e. The number of amides is 1. The van der Waals surface area contributed by atoms with Gasteiger partial charge < -0.3 is 20.2 Å². The Morgan fingerprint density at radius 1 is 1.10 bits per heavy atom. The van der Waals surface area contributed by atoms with Crippen LogP contribution >= 0.6 is 0 Å². The van der Waals surface area contributed by atoms with Crippen LogP contribution in [-0.4, -0.2) is 12.7 Å². The second kappa shape index (κ2) is 5.72. The lowest BCUT2D eigenvalue weighted by Gasteiger charge is -2.07. The van der Waals surface area contributed by atoms with Gasteiger partial charge in [0.15, 0.2) is 11.5 Å². The predicted molar refractivity (Wildman–Crippen MR) is 78.0 cm³/mol. The second-order valence-electron chi connectivity index (χ2n) is 4.59. The van der Waals surface area contributed by atoms with E-state index >= 15 is 0 Å². The summed E-state index contributed by atoms with van der Waals surface area (Å²) in [6.45, 7) is 0.666. The molecule has 2 aromatic rings. The molecule has 0 saturated carbocycles. The van der Waals surface area contributed by atoms with E-state index in [0.717, 1.165) is 17.0 Å². The molecular formula is C15H15N3O3. The van der Waals surface area contributed by atoms with Gasteiger partial charge in [0.25, 0.3) is 5.91 Å². The number of rotatable bonds is 4. The van der Waals surface area contributed by atoms with Crippen molar-refractivity contribution in [2.24, 2.45) is 5.84 Å². The number of hydrogen-bond acceptors (Lipinski definition) is 5. The number of nitrogen functional groups attached to an aromatic ring is 1. The van der Waals surface area contributed by atoms with Crippen LogP contribution in [0, 0.1) is 0 Å². The van der Waals surface area contributed by atoms with Crippen LogP contribution in [-0.2, 0) is 6.54 Å². The molecule has 0 fully saturated rings. The minimum atomic E-state index is -0.142. The lowest BCUT2D eigenvalue weighted by atomic mass is 10.1. The molecule has 0 radical (unpaired) electrons. The summed E-state index contributed by atoms with van der Waals surface area (Å²) < 4.78 is 10.5. The first-order valence-electron chi connectivity index (χ1n) is 6.49. The molecule has 108 valence electrons. The number of carbonyl (C=O) groups excluding carboxylic acids is 1. The van der Waals surface area contributed by atoms with Crippen molar-refractivity contribution in [2.45, 2.75) is 6.54 Å². The fourth-order valence-electron chi connectivity index (χ4n) is 2.05. The number of carbonyl (C=O) groups is 1. The van der Waals surface area contributed by atoms with Crippen molar-refractivity contribution in [1.29, 1.82) is 0 Å². The van der Waals surface area contributed by atoms with Crippen molar-refractivity contribution >= 4 is 11.6 Å². The largest absolute Gasteiger partial charge is 0.454 e. The van der Waals surface area contributed by atoms with Crippen molar-refractivity contribution in [1.82, 2.24) is 5.32 Å². The van der Waals surface area contributed by atoms with E-state index < -0.39 is 0 Å². The summed E-state index contributed by atoms with van der Waals surface area (Å²) in [6, 6.07) is 12.5. The molecule has 0 bridgehead atoms. The van der Waals surface area contributed by atoms with Crippen LogP contribution in [0.5, 0.6) is 11.5 Å². The third kappa shape index (κ3) is 2.90. The van der Waals surface area contributed by atoms with Crippen molar-refractivity contribution < 1.29 is 14.3 Å². The van der Waals surface area contributed by atoms with Crippen LogP contribution in [0.4, 0.5) is 5.69 Å². The molecule has 0 unspecified atom stereocenters. The van der Waals surface area contributed by atoms with E-state index in [2.05, 4.69) is 10.7 Å². The van der Waals surface area contributed by atoms with Crippen LogP contribution in [0.25, 0.3) is 0 Å². The fraction of sp³-hybridized carbons (Fsp3) is 0.133. The van der Waals surface area contributed by atoms with Gasteiger partial charge in [-0.3, -0.25) is 10.6 Å². The Morgan fingerprint density at radius 3 is 2.62 bits per heavy atom. The molecule has 1 aliphatic rings. The summed E-state index contributed by atoms with van der Waals surface area (Å²) in [7, 11) is 0. The maximum absolute atomic E-state index is 12.0. The number of benzene rings is 2. The van der Waals surface area contributed by atoms with Crippen LogP contribution < -0.4 is 26.1 Å². The van der Waals surface area contributed by atoms with Gasteiger partial charge in [-0.15, -0.1) is 0 Å². The van der Waals surface area contributed by atoms with Crippen LogP contribution in [0.2, 0.25) is 0 Å². The molecule has 3 rings (SSSR count). The van der Waals surface area contributed by atoms with Gasteiger partial charge in [0.05, 0.1) is 0 Å². The van der Waals surface area contributed by atoms with Crippen molar-refractivity contribution in [3.63, 3.8) is 0 Å². The third-order valence-corrected chi connectivity index (χ3v) is 3.20. The minimum Gasteiger partial charge on any atom is -0.454 e. The molecule has 2 aromatic carbocycles. The summed E-state index contributed by atoms with van der Waals surface area (Å²) in [6.07, 6.45) is 0. The Bertz CT molecular complexity index is 656. The van der Waals surface area contributed by atoms with Crippen molar-refractivity contribution in [3.8, 4) is 11.5 Å². The molecule has 21 heavy (non-hydrogen) atoms. The summed E-state index contributed by atoms with van der Waals surface area (Å²) in [4.78, 5) is 12.0. The third-order valence-electron chi connectivity index (χ3n) is 3.20. The SMILES string of the molecule is NNc1ccc(C(=O)NCc2ccc3c(c2)OCO3)cc1. The molecule has 1 heterocycles. The summed E-state index contributed by atoms with van der Waals surface area (Å²) in [5, 5.41) is 2.86. The lowest BCUT2D eigenvalue weighted by molar-refractivity contribution is 0.0951. The zero-order valence-electron chi connectivity index (χ0n) is 11.3. The Morgan fingerprint density at radius 2 is 1.86 bits per heavy atom. The molecule has 0 atom stereocenters. The zero-order valence-corrected chi connectivity index (χ0v) is 11.3. The van der Waals surface area contributed by atoms with Gasteiger partial charge in [-0.2, -0.15) is 0 Å². The molecule has 1 amide bonds. The van der Waals surface area contributed by atoms with Gasteiger partial charge in [-0.25, -0.2) is 0 Å². The van der Waals surface area contributed by atoms with E-state index in [0.29, 0.717) is 17.9 Å². The Kier molecular flexibility index (Phi) is 3.61. The maximum Gasteiger partial charge on any atom is 0.251 e. The summed E-state index contributed by atoms with van der Waals surface area (Å²) in [5.74, 6) is 6.58. The van der Waals surface area contributed by atoms with Gasteiger partial charge in [0.2, 0.25) is 6.79 Å². The number of anilines is 1. The first kappa shape index (κ1) is 13.3. The lowest BCUT2D eigenvalue weighted by Crippen LogP contribution is -2.22. The van der Waals surface area contributed by atoms with E-state index in [1.165, 1.54) is 0 Å². The van der Waals surface area contributed by atoms with Crippen LogP contribution in [0.1, 0.15) is 15.9 Å². The quantitative estimate of drug-likeness (QED) is 0.587. The highest BCUT2D eigenvalue weighted by atomic mass is 16.7. The average Bonchev–Trinajstić information content (AvgIpc) is 3.00. The Hall–Kier alpha value is -2.73. The number of hydrogen-bond donors (Lipinski definition) is 3. The molecule has 1 aliphatic heterocycles. The monoisotopic (exact) mass is 285 g/mol. The van der Waals surface area contributed by atoms with Crippen LogP contribution in [0.3, 0.4) is 0 Å². The normalized spacial score (nSPS) is 12.0. The first-order chi connectivity index (χ1) is 10.3. The average molecular weight is 285 g/mol. The molecule has 4 N–H and O–H groups in total. The van der Waals surface area contributed by atoms with E-state index in [9.17, 15) is 4.79 Å². The highest BCUT2D eigenvalue weighted by molar-refractivity contribution is 5.94. The van der Waals surface area contributed by atoms with Gasteiger partial charge in [0.1, 0.15) is 0 Å². The Labute approximate surface area is 121 Å². The molecule has 0 saturated heterocycles. The van der Waals surface area contributed by atoms with Gasteiger partial charge in [-0.05, 0) is 42.0 Å². The molecule has 0 aromatic heterocycles. The summed E-state index contributed by atoms with van der Waals surface area (Å²) >= 11 is 0. The van der Waals surface area contributed by atoms with Gasteiger partial charge >= 0.3 is 0 Å². The van der Waals surface area contributed by atoms with E-state index in [4.69, 9.17) is 15.3 Å². The van der Waals surface area contributed by atoms with E-state index in [1.807, 2.05) is 18.2 Å². The second-order valence-corrected chi connectivity index (χ2v) is 4.59. The molecular weight excluding hydrogens is 270 g/mol. The standard InChI is InChI=1S/C15H15N3O3/c16-18-12-4-2-11(3-5-12)15(19)17-8-10-1-6-13-14(7-10)21-9-20-13/h1-7,18H,8-9,16H2,(H,17,19). The maximum atomic E-state index is 12.0. The van der Waals surface area contributed by atoms with Crippen molar-refractivity contribution in [3.05, 3.63) is 53.6 Å². The van der Waals surface area contributed by atoms with Gasteiger partial charge in [0, 0.05) is 17.8 Å². The predicted octanol–water partition coefficient (Wildman–Crippen LogP) is 1.63. The summed E-state index contributed by atoms with van der Waals surface area (Å²) in [5.41, 5.74) is 4.80. The number of nitrogens with one attached hydrogen (secondary N) is 2. The Balaban J connectivity index is 1.62. The molecule has 0 spiro atoms. The number of ether oxygens (including phenoxy) is 2.